The van der Waals surface area contributed by atoms with E-state index in [1.54, 1.807) is 16.8 Å². The maximum Gasteiger partial charge on any atom is 0.207 e. The maximum absolute atomic E-state index is 9.19. The van der Waals surface area contributed by atoms with Gasteiger partial charge in [-0.2, -0.15) is 5.26 Å². The fourth-order valence-corrected chi connectivity index (χ4v) is 2.11. The smallest absolute Gasteiger partial charge is 0.207 e. The van der Waals surface area contributed by atoms with E-state index < -0.39 is 0 Å². The van der Waals surface area contributed by atoms with E-state index in [0.29, 0.717) is 22.8 Å². The summed E-state index contributed by atoms with van der Waals surface area (Å²) < 4.78 is 1.71. The second kappa shape index (κ2) is 4.10. The molecule has 92 valence electrons. The van der Waals surface area contributed by atoms with Gasteiger partial charge in [0.25, 0.3) is 0 Å². The summed E-state index contributed by atoms with van der Waals surface area (Å²) in [5.74, 6) is 0.333. The van der Waals surface area contributed by atoms with Crippen LogP contribution in [0.4, 0.5) is 5.95 Å². The first kappa shape index (κ1) is 11.2. The van der Waals surface area contributed by atoms with E-state index >= 15 is 0 Å². The van der Waals surface area contributed by atoms with Gasteiger partial charge in [-0.1, -0.05) is 12.1 Å². The van der Waals surface area contributed by atoms with Crippen molar-refractivity contribution >= 4 is 17.1 Å². The first-order chi connectivity index (χ1) is 9.22. The third kappa shape index (κ3) is 1.62. The number of aromatic nitrogens is 3. The molecule has 0 aliphatic rings. The van der Waals surface area contributed by atoms with Crippen LogP contribution >= 0.6 is 0 Å². The second-order valence-electron chi connectivity index (χ2n) is 4.23. The SMILES string of the molecule is Cc1ccnc2c1nc(N)n2-c1ccccc1C#N. The molecule has 0 radical (unpaired) electrons. The Balaban J connectivity index is 2.41. The molecular weight excluding hydrogens is 238 g/mol. The highest BCUT2D eigenvalue weighted by Crippen LogP contribution is 2.25. The molecule has 2 aromatic heterocycles. The standard InChI is InChI=1S/C14H11N5/c1-9-6-7-17-13-12(9)18-14(16)19(13)11-5-3-2-4-10(11)8-15/h2-7H,1H3,(H2,16,18). The zero-order chi connectivity index (χ0) is 13.4. The van der Waals surface area contributed by atoms with Crippen LogP contribution in [0.5, 0.6) is 0 Å². The van der Waals surface area contributed by atoms with Crippen LogP contribution in [0.15, 0.2) is 36.5 Å². The number of nitriles is 1. The van der Waals surface area contributed by atoms with Gasteiger partial charge in [-0.05, 0) is 30.7 Å². The highest BCUT2D eigenvalue weighted by Gasteiger charge is 2.14. The first-order valence-corrected chi connectivity index (χ1v) is 5.81. The highest BCUT2D eigenvalue weighted by atomic mass is 15.2. The third-order valence-electron chi connectivity index (χ3n) is 3.04. The molecule has 3 aromatic rings. The predicted molar refractivity (Wildman–Crippen MR) is 72.7 cm³/mol. The van der Waals surface area contributed by atoms with E-state index in [9.17, 15) is 5.26 Å². The summed E-state index contributed by atoms with van der Waals surface area (Å²) in [6.07, 6.45) is 1.71. The molecule has 0 amide bonds. The van der Waals surface area contributed by atoms with Crippen LogP contribution in [0.2, 0.25) is 0 Å². The molecular formula is C14H11N5. The summed E-state index contributed by atoms with van der Waals surface area (Å²) >= 11 is 0. The number of pyridine rings is 1. The number of imidazole rings is 1. The van der Waals surface area contributed by atoms with Gasteiger partial charge in [0.05, 0.1) is 11.3 Å². The number of anilines is 1. The fourth-order valence-electron chi connectivity index (χ4n) is 2.11. The van der Waals surface area contributed by atoms with E-state index in [1.165, 1.54) is 0 Å². The number of fused-ring (bicyclic) bond motifs is 1. The lowest BCUT2D eigenvalue weighted by Crippen LogP contribution is -2.03. The van der Waals surface area contributed by atoms with Crippen LogP contribution in [-0.4, -0.2) is 14.5 Å². The maximum atomic E-state index is 9.19. The molecule has 0 saturated carbocycles. The van der Waals surface area contributed by atoms with Crippen LogP contribution in [0.25, 0.3) is 16.9 Å². The van der Waals surface area contributed by atoms with Gasteiger partial charge < -0.3 is 5.73 Å². The van der Waals surface area contributed by atoms with E-state index in [0.717, 1.165) is 11.1 Å². The number of hydrogen-bond acceptors (Lipinski definition) is 4. The molecule has 0 fully saturated rings. The van der Waals surface area contributed by atoms with Gasteiger partial charge in [0.1, 0.15) is 11.6 Å². The van der Waals surface area contributed by atoms with Crippen molar-refractivity contribution in [3.63, 3.8) is 0 Å². The Morgan fingerprint density at radius 2 is 2.05 bits per heavy atom. The number of nitrogens with two attached hydrogens (primary N) is 1. The minimum atomic E-state index is 0.333. The molecule has 0 aliphatic carbocycles. The lowest BCUT2D eigenvalue weighted by molar-refractivity contribution is 1.08. The minimum absolute atomic E-state index is 0.333. The summed E-state index contributed by atoms with van der Waals surface area (Å²) in [6, 6.07) is 11.3. The summed E-state index contributed by atoms with van der Waals surface area (Å²) in [5.41, 5.74) is 9.64. The third-order valence-corrected chi connectivity index (χ3v) is 3.04. The number of benzene rings is 1. The quantitative estimate of drug-likeness (QED) is 0.716. The van der Waals surface area contributed by atoms with Crippen molar-refractivity contribution in [2.24, 2.45) is 0 Å². The molecule has 0 spiro atoms. The van der Waals surface area contributed by atoms with Crippen LogP contribution in [0.3, 0.4) is 0 Å². The Hall–Kier alpha value is -2.87. The van der Waals surface area contributed by atoms with Crippen molar-refractivity contribution in [1.29, 1.82) is 5.26 Å². The highest BCUT2D eigenvalue weighted by molar-refractivity contribution is 5.80. The van der Waals surface area contributed by atoms with Gasteiger partial charge in [0, 0.05) is 6.20 Å². The summed E-state index contributed by atoms with van der Waals surface area (Å²) in [4.78, 5) is 8.66. The summed E-state index contributed by atoms with van der Waals surface area (Å²) in [6.45, 7) is 1.96. The molecule has 0 atom stereocenters. The molecule has 19 heavy (non-hydrogen) atoms. The van der Waals surface area contributed by atoms with Crippen molar-refractivity contribution in [2.75, 3.05) is 5.73 Å². The topological polar surface area (TPSA) is 80.5 Å². The van der Waals surface area contributed by atoms with Gasteiger partial charge in [0.15, 0.2) is 5.65 Å². The Bertz CT molecular complexity index is 810. The molecule has 0 aliphatic heterocycles. The van der Waals surface area contributed by atoms with Gasteiger partial charge >= 0.3 is 0 Å². The number of rotatable bonds is 1. The Morgan fingerprint density at radius 3 is 2.84 bits per heavy atom. The zero-order valence-electron chi connectivity index (χ0n) is 10.3. The number of para-hydroxylation sites is 1. The number of aryl methyl sites for hydroxylation is 1. The first-order valence-electron chi connectivity index (χ1n) is 5.81. The van der Waals surface area contributed by atoms with Crippen LogP contribution in [0.1, 0.15) is 11.1 Å². The number of nitrogen functional groups attached to an aromatic ring is 1. The van der Waals surface area contributed by atoms with Gasteiger partial charge in [-0.3, -0.25) is 4.57 Å². The summed E-state index contributed by atoms with van der Waals surface area (Å²) in [5, 5.41) is 9.19. The normalized spacial score (nSPS) is 10.5. The predicted octanol–water partition coefficient (Wildman–Crippen LogP) is 2.18. The Kier molecular flexibility index (Phi) is 2.43. The van der Waals surface area contributed by atoms with E-state index in [4.69, 9.17) is 5.73 Å². The Morgan fingerprint density at radius 1 is 1.26 bits per heavy atom. The number of nitrogens with zero attached hydrogens (tertiary/aromatic N) is 4. The van der Waals surface area contributed by atoms with Crippen LogP contribution in [-0.2, 0) is 0 Å². The number of hydrogen-bond donors (Lipinski definition) is 1. The lowest BCUT2D eigenvalue weighted by Gasteiger charge is -2.07. The molecule has 5 nitrogen and oxygen atoms in total. The Labute approximate surface area is 109 Å². The fraction of sp³-hybridized carbons (Fsp3) is 0.0714. The van der Waals surface area contributed by atoms with Crippen LogP contribution < -0.4 is 5.73 Å². The largest absolute Gasteiger partial charge is 0.369 e. The molecule has 2 N–H and O–H groups in total. The zero-order valence-corrected chi connectivity index (χ0v) is 10.3. The lowest BCUT2D eigenvalue weighted by atomic mass is 10.2. The van der Waals surface area contributed by atoms with Gasteiger partial charge in [0.2, 0.25) is 5.95 Å². The summed E-state index contributed by atoms with van der Waals surface area (Å²) in [7, 11) is 0. The average Bonchev–Trinajstić information content (AvgIpc) is 2.76. The van der Waals surface area contributed by atoms with E-state index in [2.05, 4.69) is 16.0 Å². The van der Waals surface area contributed by atoms with Crippen molar-refractivity contribution in [1.82, 2.24) is 14.5 Å². The van der Waals surface area contributed by atoms with E-state index in [1.807, 2.05) is 31.2 Å². The molecule has 0 unspecified atom stereocenters. The van der Waals surface area contributed by atoms with Crippen molar-refractivity contribution < 1.29 is 0 Å². The van der Waals surface area contributed by atoms with Gasteiger partial charge in [-0.15, -0.1) is 0 Å². The molecule has 0 bridgehead atoms. The second-order valence-corrected chi connectivity index (χ2v) is 4.23. The monoisotopic (exact) mass is 249 g/mol. The van der Waals surface area contributed by atoms with Crippen LogP contribution in [0, 0.1) is 18.3 Å². The van der Waals surface area contributed by atoms with Crippen molar-refractivity contribution in [3.8, 4) is 11.8 Å². The molecule has 5 heteroatoms. The van der Waals surface area contributed by atoms with Crippen molar-refractivity contribution in [3.05, 3.63) is 47.7 Å². The molecule has 2 heterocycles. The van der Waals surface area contributed by atoms with Crippen molar-refractivity contribution in [2.45, 2.75) is 6.92 Å². The molecule has 1 aromatic carbocycles. The van der Waals surface area contributed by atoms with Gasteiger partial charge in [-0.25, -0.2) is 9.97 Å². The van der Waals surface area contributed by atoms with E-state index in [-0.39, 0.29) is 0 Å². The molecule has 3 rings (SSSR count). The molecule has 0 saturated heterocycles. The minimum Gasteiger partial charge on any atom is -0.369 e. The average molecular weight is 249 g/mol.